The molecule has 1 aromatic carbocycles. The summed E-state index contributed by atoms with van der Waals surface area (Å²) in [5.74, 6) is 0.627. The van der Waals surface area contributed by atoms with Gasteiger partial charge in [-0.15, -0.1) is 0 Å². The van der Waals surface area contributed by atoms with Crippen molar-refractivity contribution in [2.45, 2.75) is 42.2 Å². The van der Waals surface area contributed by atoms with Crippen LogP contribution < -0.4 is 4.74 Å². The largest absolute Gasteiger partial charge is 0.497 e. The Morgan fingerprint density at radius 3 is 2.84 bits per heavy atom. The Labute approximate surface area is 117 Å². The SMILES string of the molecule is COc1cccc(S(=O)C2CCCCCC2C#N)c1. The quantitative estimate of drug-likeness (QED) is 0.797. The zero-order valence-electron chi connectivity index (χ0n) is 11.2. The molecule has 102 valence electrons. The third-order valence-corrected chi connectivity index (χ3v) is 5.50. The Hall–Kier alpha value is -1.34. The van der Waals surface area contributed by atoms with Crippen LogP contribution in [0, 0.1) is 17.2 Å². The average Bonchev–Trinajstić information content (AvgIpc) is 2.71. The Kier molecular flexibility index (Phi) is 4.98. The molecule has 1 aliphatic carbocycles. The van der Waals surface area contributed by atoms with Crippen molar-refractivity contribution in [1.29, 1.82) is 5.26 Å². The Morgan fingerprint density at radius 1 is 1.32 bits per heavy atom. The lowest BCUT2D eigenvalue weighted by Crippen LogP contribution is -2.23. The topological polar surface area (TPSA) is 50.1 Å². The molecule has 0 heterocycles. The second-order valence-electron chi connectivity index (χ2n) is 4.89. The summed E-state index contributed by atoms with van der Waals surface area (Å²) < 4.78 is 17.9. The summed E-state index contributed by atoms with van der Waals surface area (Å²) in [6.45, 7) is 0. The molecule has 0 saturated heterocycles. The highest BCUT2D eigenvalue weighted by Gasteiger charge is 2.29. The summed E-state index contributed by atoms with van der Waals surface area (Å²) >= 11 is 0. The summed E-state index contributed by atoms with van der Waals surface area (Å²) in [5.41, 5.74) is 0. The molecular weight excluding hydrogens is 258 g/mol. The molecule has 0 amide bonds. The van der Waals surface area contributed by atoms with Gasteiger partial charge in [0.25, 0.3) is 0 Å². The molecule has 0 aliphatic heterocycles. The van der Waals surface area contributed by atoms with Crippen molar-refractivity contribution in [1.82, 2.24) is 0 Å². The molecule has 1 fully saturated rings. The molecule has 4 heteroatoms. The highest BCUT2D eigenvalue weighted by molar-refractivity contribution is 7.85. The minimum absolute atomic E-state index is 0.0420. The molecule has 1 aromatic rings. The normalized spacial score (nSPS) is 25.1. The van der Waals surface area contributed by atoms with Crippen molar-refractivity contribution in [2.24, 2.45) is 5.92 Å². The molecule has 0 aromatic heterocycles. The van der Waals surface area contributed by atoms with Gasteiger partial charge in [0.15, 0.2) is 0 Å². The third kappa shape index (κ3) is 3.36. The van der Waals surface area contributed by atoms with Crippen LogP contribution >= 0.6 is 0 Å². The van der Waals surface area contributed by atoms with E-state index in [1.54, 1.807) is 7.11 Å². The summed E-state index contributed by atoms with van der Waals surface area (Å²) in [6.07, 6.45) is 5.03. The van der Waals surface area contributed by atoms with E-state index in [0.29, 0.717) is 5.75 Å². The first-order chi connectivity index (χ1) is 9.26. The fraction of sp³-hybridized carbons (Fsp3) is 0.533. The van der Waals surface area contributed by atoms with Crippen LogP contribution in [0.2, 0.25) is 0 Å². The van der Waals surface area contributed by atoms with Gasteiger partial charge in [-0.2, -0.15) is 5.26 Å². The van der Waals surface area contributed by atoms with Crippen LogP contribution in [0.25, 0.3) is 0 Å². The van der Waals surface area contributed by atoms with Crippen molar-refractivity contribution >= 4 is 10.8 Å². The second-order valence-corrected chi connectivity index (χ2v) is 6.56. The van der Waals surface area contributed by atoms with E-state index in [0.717, 1.165) is 37.0 Å². The zero-order chi connectivity index (χ0) is 13.7. The predicted molar refractivity (Wildman–Crippen MR) is 75.4 cm³/mol. The molecule has 0 N–H and O–H groups in total. The monoisotopic (exact) mass is 277 g/mol. The average molecular weight is 277 g/mol. The number of rotatable bonds is 3. The molecule has 1 aliphatic rings. The summed E-state index contributed by atoms with van der Waals surface area (Å²) in [4.78, 5) is 0.770. The number of hydrogen-bond acceptors (Lipinski definition) is 3. The van der Waals surface area contributed by atoms with Crippen LogP contribution in [0.1, 0.15) is 32.1 Å². The van der Waals surface area contributed by atoms with E-state index < -0.39 is 10.8 Å². The number of benzene rings is 1. The van der Waals surface area contributed by atoms with Crippen molar-refractivity contribution < 1.29 is 8.95 Å². The van der Waals surface area contributed by atoms with Crippen LogP contribution in [0.15, 0.2) is 29.2 Å². The number of nitriles is 1. The van der Waals surface area contributed by atoms with Gasteiger partial charge in [-0.3, -0.25) is 4.21 Å². The molecule has 1 saturated carbocycles. The van der Waals surface area contributed by atoms with Crippen LogP contribution in [0.4, 0.5) is 0 Å². The van der Waals surface area contributed by atoms with Gasteiger partial charge in [0, 0.05) is 4.90 Å². The maximum atomic E-state index is 12.7. The Morgan fingerprint density at radius 2 is 2.11 bits per heavy atom. The highest BCUT2D eigenvalue weighted by Crippen LogP contribution is 2.30. The summed E-state index contributed by atoms with van der Waals surface area (Å²) in [7, 11) is 0.478. The first kappa shape index (κ1) is 14.1. The standard InChI is InChI=1S/C15H19NO2S/c1-18-13-7-5-8-14(10-13)19(17)15-9-4-2-3-6-12(15)11-16/h5,7-8,10,12,15H,2-4,6,9H2,1H3. The molecular formula is C15H19NO2S. The molecule has 3 unspecified atom stereocenters. The Balaban J connectivity index is 2.23. The molecule has 0 spiro atoms. The van der Waals surface area contributed by atoms with Crippen LogP contribution in [0.5, 0.6) is 5.75 Å². The van der Waals surface area contributed by atoms with Crippen molar-refractivity contribution in [2.75, 3.05) is 7.11 Å². The van der Waals surface area contributed by atoms with E-state index >= 15 is 0 Å². The lowest BCUT2D eigenvalue weighted by Gasteiger charge is -2.19. The second kappa shape index (κ2) is 6.72. The van der Waals surface area contributed by atoms with E-state index in [9.17, 15) is 9.47 Å². The lowest BCUT2D eigenvalue weighted by molar-refractivity contribution is 0.413. The van der Waals surface area contributed by atoms with E-state index in [4.69, 9.17) is 4.74 Å². The van der Waals surface area contributed by atoms with Crippen molar-refractivity contribution in [3.8, 4) is 11.8 Å². The smallest absolute Gasteiger partial charge is 0.120 e. The van der Waals surface area contributed by atoms with Crippen molar-refractivity contribution in [3.63, 3.8) is 0 Å². The fourth-order valence-electron chi connectivity index (χ4n) is 2.58. The number of nitrogens with zero attached hydrogens (tertiary/aromatic N) is 1. The van der Waals surface area contributed by atoms with Crippen LogP contribution in [-0.4, -0.2) is 16.6 Å². The minimum Gasteiger partial charge on any atom is -0.497 e. The van der Waals surface area contributed by atoms with Gasteiger partial charge < -0.3 is 4.74 Å². The van der Waals surface area contributed by atoms with Gasteiger partial charge in [0.1, 0.15) is 5.75 Å². The molecule has 2 rings (SSSR count). The van der Waals surface area contributed by atoms with E-state index in [1.807, 2.05) is 24.3 Å². The first-order valence-electron chi connectivity index (χ1n) is 6.70. The van der Waals surface area contributed by atoms with Gasteiger partial charge in [0.05, 0.1) is 35.1 Å². The van der Waals surface area contributed by atoms with Crippen LogP contribution in [-0.2, 0) is 10.8 Å². The van der Waals surface area contributed by atoms with Gasteiger partial charge in [-0.1, -0.05) is 25.3 Å². The van der Waals surface area contributed by atoms with E-state index in [1.165, 1.54) is 0 Å². The maximum absolute atomic E-state index is 12.7. The first-order valence-corrected chi connectivity index (χ1v) is 7.92. The summed E-state index contributed by atoms with van der Waals surface area (Å²) in [5, 5.41) is 9.23. The number of methoxy groups -OCH3 is 1. The van der Waals surface area contributed by atoms with Gasteiger partial charge in [0.2, 0.25) is 0 Å². The van der Waals surface area contributed by atoms with Gasteiger partial charge >= 0.3 is 0 Å². The number of hydrogen-bond donors (Lipinski definition) is 0. The van der Waals surface area contributed by atoms with Gasteiger partial charge in [-0.25, -0.2) is 0 Å². The minimum atomic E-state index is -1.13. The van der Waals surface area contributed by atoms with Gasteiger partial charge in [-0.05, 0) is 31.0 Å². The highest BCUT2D eigenvalue weighted by atomic mass is 32.2. The number of ether oxygens (including phenoxy) is 1. The summed E-state index contributed by atoms with van der Waals surface area (Å²) in [6, 6.07) is 9.72. The molecule has 0 bridgehead atoms. The molecule has 19 heavy (non-hydrogen) atoms. The molecule has 0 radical (unpaired) electrons. The fourth-order valence-corrected chi connectivity index (χ4v) is 4.25. The zero-order valence-corrected chi connectivity index (χ0v) is 12.0. The van der Waals surface area contributed by atoms with Crippen LogP contribution in [0.3, 0.4) is 0 Å². The van der Waals surface area contributed by atoms with Crippen molar-refractivity contribution in [3.05, 3.63) is 24.3 Å². The maximum Gasteiger partial charge on any atom is 0.120 e. The third-order valence-electron chi connectivity index (χ3n) is 3.67. The molecule has 3 atom stereocenters. The predicted octanol–water partition coefficient (Wildman–Crippen LogP) is 3.28. The van der Waals surface area contributed by atoms with E-state index in [2.05, 4.69) is 6.07 Å². The molecule has 3 nitrogen and oxygen atoms in total. The van der Waals surface area contributed by atoms with E-state index in [-0.39, 0.29) is 11.2 Å². The Bertz CT molecular complexity index is 495. The lowest BCUT2D eigenvalue weighted by atomic mass is 10.0.